The average Bonchev–Trinajstić information content (AvgIpc) is 3.53. The molecular weight excluding hydrogens is 713 g/mol. The summed E-state index contributed by atoms with van der Waals surface area (Å²) in [5.74, 6) is 0.707. The van der Waals surface area contributed by atoms with Crippen LogP contribution in [0.5, 0.6) is 0 Å². The van der Waals surface area contributed by atoms with Gasteiger partial charge in [0.05, 0.1) is 11.4 Å². The van der Waals surface area contributed by atoms with Gasteiger partial charge in [0.2, 0.25) is 0 Å². The third-order valence-corrected chi connectivity index (χ3v) is 12.3. The summed E-state index contributed by atoms with van der Waals surface area (Å²) in [5.41, 5.74) is 17.5. The highest BCUT2D eigenvalue weighted by molar-refractivity contribution is 6.05. The standard InChI is InChI=1S/C57H40N2/c1-57(2)51-26-14-25-46(55(51)50-34-42-19-9-10-20-43(42)35-52(50)57)39-29-27-38(28-30-39)45-31-32-49(48-24-12-11-23-47(45)48)54-36-53(58-56(59-54)40-17-7-4-8-18-40)44-22-13-21-41(33-44)37-15-5-3-6-16-37/h3-36H,1-2H3. The van der Waals surface area contributed by atoms with Crippen molar-refractivity contribution in [1.82, 2.24) is 9.97 Å². The van der Waals surface area contributed by atoms with Crippen molar-refractivity contribution in [3.63, 3.8) is 0 Å². The minimum Gasteiger partial charge on any atom is -0.228 e. The molecule has 1 heterocycles. The van der Waals surface area contributed by atoms with Crippen LogP contribution in [0.2, 0.25) is 0 Å². The average molecular weight is 753 g/mol. The lowest BCUT2D eigenvalue weighted by atomic mass is 9.81. The Hall–Kier alpha value is -7.42. The first-order valence-corrected chi connectivity index (χ1v) is 20.4. The van der Waals surface area contributed by atoms with E-state index in [0.717, 1.165) is 39.0 Å². The van der Waals surface area contributed by atoms with Gasteiger partial charge in [-0.1, -0.05) is 196 Å². The maximum absolute atomic E-state index is 5.24. The Bertz CT molecular complexity index is 3220. The summed E-state index contributed by atoms with van der Waals surface area (Å²) in [7, 11) is 0. The van der Waals surface area contributed by atoms with Crippen molar-refractivity contribution >= 4 is 21.5 Å². The summed E-state index contributed by atoms with van der Waals surface area (Å²) in [5, 5.41) is 4.92. The van der Waals surface area contributed by atoms with E-state index in [4.69, 9.17) is 9.97 Å². The van der Waals surface area contributed by atoms with Crippen LogP contribution in [0.15, 0.2) is 206 Å². The van der Waals surface area contributed by atoms with Crippen molar-refractivity contribution in [3.8, 4) is 78.4 Å². The van der Waals surface area contributed by atoms with Crippen LogP contribution in [0.25, 0.3) is 100.0 Å². The SMILES string of the molecule is CC1(C)c2cc3ccccc3cc2-c2c(-c3ccc(-c4ccc(-c5cc(-c6cccc(-c7ccccc7)c6)nc(-c6ccccc6)n5)c5ccccc45)cc3)cccc21. The zero-order valence-electron chi connectivity index (χ0n) is 33.0. The van der Waals surface area contributed by atoms with Gasteiger partial charge in [-0.05, 0) is 101 Å². The third kappa shape index (κ3) is 5.96. The molecule has 0 spiro atoms. The smallest absolute Gasteiger partial charge is 0.160 e. The molecule has 0 aliphatic heterocycles. The lowest BCUT2D eigenvalue weighted by molar-refractivity contribution is 0.661. The van der Waals surface area contributed by atoms with E-state index in [1.54, 1.807) is 0 Å². The fraction of sp³-hybridized carbons (Fsp3) is 0.0526. The van der Waals surface area contributed by atoms with E-state index < -0.39 is 0 Å². The fourth-order valence-electron chi connectivity index (χ4n) is 9.25. The molecule has 0 amide bonds. The minimum atomic E-state index is -0.0796. The largest absolute Gasteiger partial charge is 0.228 e. The number of hydrogen-bond acceptors (Lipinski definition) is 2. The second kappa shape index (κ2) is 13.9. The molecule has 59 heavy (non-hydrogen) atoms. The van der Waals surface area contributed by atoms with Crippen molar-refractivity contribution in [3.05, 3.63) is 217 Å². The number of fused-ring (bicyclic) bond motifs is 5. The monoisotopic (exact) mass is 752 g/mol. The van der Waals surface area contributed by atoms with Crippen molar-refractivity contribution < 1.29 is 0 Å². The van der Waals surface area contributed by atoms with Gasteiger partial charge in [-0.15, -0.1) is 0 Å². The van der Waals surface area contributed by atoms with E-state index in [1.165, 1.54) is 66.2 Å². The Morgan fingerprint density at radius 2 is 0.881 bits per heavy atom. The number of aromatic nitrogens is 2. The predicted octanol–water partition coefficient (Wildman–Crippen LogP) is 15.1. The molecular formula is C57H40N2. The predicted molar refractivity (Wildman–Crippen MR) is 247 cm³/mol. The van der Waals surface area contributed by atoms with Gasteiger partial charge in [0.1, 0.15) is 0 Å². The normalized spacial score (nSPS) is 12.7. The topological polar surface area (TPSA) is 25.8 Å². The third-order valence-electron chi connectivity index (χ3n) is 12.3. The Balaban J connectivity index is 1.00. The first-order chi connectivity index (χ1) is 29.0. The van der Waals surface area contributed by atoms with Gasteiger partial charge in [0.25, 0.3) is 0 Å². The molecule has 0 atom stereocenters. The van der Waals surface area contributed by atoms with Crippen LogP contribution < -0.4 is 0 Å². The fourth-order valence-corrected chi connectivity index (χ4v) is 9.25. The summed E-state index contributed by atoms with van der Waals surface area (Å²) in [4.78, 5) is 10.4. The second-order valence-electron chi connectivity index (χ2n) is 16.2. The van der Waals surface area contributed by atoms with Crippen LogP contribution in [0.4, 0.5) is 0 Å². The molecule has 1 aliphatic carbocycles. The van der Waals surface area contributed by atoms with E-state index in [0.29, 0.717) is 5.82 Å². The Morgan fingerprint density at radius 3 is 1.63 bits per heavy atom. The highest BCUT2D eigenvalue weighted by atomic mass is 14.9. The van der Waals surface area contributed by atoms with Gasteiger partial charge in [0.15, 0.2) is 5.82 Å². The Labute approximate surface area is 345 Å². The number of hydrogen-bond donors (Lipinski definition) is 0. The van der Waals surface area contributed by atoms with Gasteiger partial charge >= 0.3 is 0 Å². The van der Waals surface area contributed by atoms with Gasteiger partial charge < -0.3 is 0 Å². The molecule has 10 aromatic rings. The van der Waals surface area contributed by atoms with Gasteiger partial charge in [-0.25, -0.2) is 9.97 Å². The molecule has 2 heteroatoms. The molecule has 0 fully saturated rings. The summed E-state index contributed by atoms with van der Waals surface area (Å²) >= 11 is 0. The lowest BCUT2D eigenvalue weighted by Gasteiger charge is -2.22. The highest BCUT2D eigenvalue weighted by Gasteiger charge is 2.37. The van der Waals surface area contributed by atoms with E-state index >= 15 is 0 Å². The van der Waals surface area contributed by atoms with E-state index in [9.17, 15) is 0 Å². The highest BCUT2D eigenvalue weighted by Crippen LogP contribution is 2.53. The first kappa shape index (κ1) is 34.8. The molecule has 0 saturated heterocycles. The number of benzene rings is 9. The van der Waals surface area contributed by atoms with E-state index in [1.807, 2.05) is 18.2 Å². The van der Waals surface area contributed by atoms with Crippen molar-refractivity contribution in [1.29, 1.82) is 0 Å². The number of nitrogens with zero attached hydrogens (tertiary/aromatic N) is 2. The summed E-state index contributed by atoms with van der Waals surface area (Å²) < 4.78 is 0. The van der Waals surface area contributed by atoms with Crippen LogP contribution in [0.3, 0.4) is 0 Å². The molecule has 0 bridgehead atoms. The lowest BCUT2D eigenvalue weighted by Crippen LogP contribution is -2.14. The molecule has 278 valence electrons. The summed E-state index contributed by atoms with van der Waals surface area (Å²) in [6, 6.07) is 74.3. The van der Waals surface area contributed by atoms with Crippen molar-refractivity contribution in [2.45, 2.75) is 19.3 Å². The van der Waals surface area contributed by atoms with E-state index in [-0.39, 0.29) is 5.41 Å². The van der Waals surface area contributed by atoms with Crippen molar-refractivity contribution in [2.75, 3.05) is 0 Å². The second-order valence-corrected chi connectivity index (χ2v) is 16.2. The maximum atomic E-state index is 5.24. The van der Waals surface area contributed by atoms with Gasteiger partial charge in [0, 0.05) is 22.1 Å². The molecule has 0 unspecified atom stereocenters. The molecule has 9 aromatic carbocycles. The molecule has 11 rings (SSSR count). The Morgan fingerprint density at radius 1 is 0.322 bits per heavy atom. The number of rotatable bonds is 6. The molecule has 2 nitrogen and oxygen atoms in total. The van der Waals surface area contributed by atoms with Gasteiger partial charge in [-0.3, -0.25) is 0 Å². The first-order valence-electron chi connectivity index (χ1n) is 20.4. The van der Waals surface area contributed by atoms with Crippen molar-refractivity contribution in [2.24, 2.45) is 0 Å². The van der Waals surface area contributed by atoms with Gasteiger partial charge in [-0.2, -0.15) is 0 Å². The zero-order valence-corrected chi connectivity index (χ0v) is 33.0. The summed E-state index contributed by atoms with van der Waals surface area (Å²) in [6.07, 6.45) is 0. The zero-order chi connectivity index (χ0) is 39.5. The van der Waals surface area contributed by atoms with Crippen LogP contribution >= 0.6 is 0 Å². The minimum absolute atomic E-state index is 0.0796. The molecule has 0 radical (unpaired) electrons. The van der Waals surface area contributed by atoms with E-state index in [2.05, 4.69) is 202 Å². The molecule has 1 aliphatic rings. The Kier molecular flexibility index (Phi) is 8.20. The van der Waals surface area contributed by atoms with Crippen LogP contribution in [-0.2, 0) is 5.41 Å². The maximum Gasteiger partial charge on any atom is 0.160 e. The van der Waals surface area contributed by atoms with Crippen LogP contribution in [-0.4, -0.2) is 9.97 Å². The molecule has 1 aromatic heterocycles. The summed E-state index contributed by atoms with van der Waals surface area (Å²) in [6.45, 7) is 4.73. The quantitative estimate of drug-likeness (QED) is 0.169. The molecule has 0 N–H and O–H groups in total. The van der Waals surface area contributed by atoms with Crippen LogP contribution in [0.1, 0.15) is 25.0 Å². The molecule has 0 saturated carbocycles. The van der Waals surface area contributed by atoms with Crippen LogP contribution in [0, 0.1) is 0 Å².